The van der Waals surface area contributed by atoms with E-state index < -0.39 is 0 Å². The normalized spacial score (nSPS) is 13.8. The van der Waals surface area contributed by atoms with Gasteiger partial charge in [-0.2, -0.15) is 0 Å². The molecule has 0 bridgehead atoms. The molecule has 2 aromatic rings. The summed E-state index contributed by atoms with van der Waals surface area (Å²) in [5.41, 5.74) is 3.70. The van der Waals surface area contributed by atoms with Crippen LogP contribution in [0.1, 0.15) is 24.3 Å². The van der Waals surface area contributed by atoms with Crippen LogP contribution >= 0.6 is 11.3 Å². The lowest BCUT2D eigenvalue weighted by molar-refractivity contribution is 1.12. The Morgan fingerprint density at radius 3 is 2.72 bits per heavy atom. The first kappa shape index (κ1) is 11.4. The van der Waals surface area contributed by atoms with Gasteiger partial charge in [-0.15, -0.1) is 11.3 Å². The van der Waals surface area contributed by atoms with E-state index in [1.807, 2.05) is 24.3 Å². The molecule has 1 heterocycles. The summed E-state index contributed by atoms with van der Waals surface area (Å²) in [5, 5.41) is 0.852. The number of allylic oxidation sites excluding steroid dienone is 3. The largest absolute Gasteiger partial charge is 0.289 e. The van der Waals surface area contributed by atoms with Crippen molar-refractivity contribution in [3.63, 3.8) is 0 Å². The second-order valence-electron chi connectivity index (χ2n) is 4.81. The summed E-state index contributed by atoms with van der Waals surface area (Å²) in [5.74, 6) is 0. The van der Waals surface area contributed by atoms with E-state index in [-0.39, 0.29) is 5.43 Å². The first-order valence-electron chi connectivity index (χ1n) is 6.06. The maximum Gasteiger partial charge on any atom is 0.192 e. The zero-order chi connectivity index (χ0) is 12.7. The molecule has 0 spiro atoms. The number of fused-ring (bicyclic) bond motifs is 2. The quantitative estimate of drug-likeness (QED) is 0.689. The lowest BCUT2D eigenvalue weighted by Crippen LogP contribution is -2.13. The fraction of sp³-hybridized carbons (Fsp3) is 0.188. The van der Waals surface area contributed by atoms with Gasteiger partial charge in [0.25, 0.3) is 0 Å². The number of benzene rings is 1. The third-order valence-electron chi connectivity index (χ3n) is 3.37. The molecule has 0 radical (unpaired) electrons. The van der Waals surface area contributed by atoms with Crippen LogP contribution in [0.25, 0.3) is 16.2 Å². The molecule has 1 aliphatic carbocycles. The summed E-state index contributed by atoms with van der Waals surface area (Å²) in [6, 6.07) is 7.86. The number of hydrogen-bond acceptors (Lipinski definition) is 2. The molecule has 0 unspecified atom stereocenters. The molecule has 0 amide bonds. The van der Waals surface area contributed by atoms with E-state index in [9.17, 15) is 4.79 Å². The standard InChI is InChI=1S/C16H14OS/c1-10(2)11-7-8-15-13(9-11)16(17)12-5-3-4-6-14(12)18-15/h3-8H,9H2,1-2H3. The van der Waals surface area contributed by atoms with Crippen molar-refractivity contribution in [1.29, 1.82) is 0 Å². The monoisotopic (exact) mass is 254 g/mol. The Bertz CT molecular complexity index is 743. The Labute approximate surface area is 110 Å². The SMILES string of the molecule is CC(C)=C1C=Cc2sc3ccccc3c(=O)c2C1. The van der Waals surface area contributed by atoms with Crippen molar-refractivity contribution in [1.82, 2.24) is 0 Å². The van der Waals surface area contributed by atoms with Crippen LogP contribution in [-0.2, 0) is 6.42 Å². The first-order valence-corrected chi connectivity index (χ1v) is 6.87. The van der Waals surface area contributed by atoms with Crippen LogP contribution in [0.4, 0.5) is 0 Å². The Balaban J connectivity index is 2.33. The molecule has 0 saturated carbocycles. The van der Waals surface area contributed by atoms with Crippen LogP contribution in [-0.4, -0.2) is 0 Å². The zero-order valence-corrected chi connectivity index (χ0v) is 11.3. The van der Waals surface area contributed by atoms with Crippen molar-refractivity contribution in [3.8, 4) is 0 Å². The Morgan fingerprint density at radius 1 is 1.17 bits per heavy atom. The Hall–Kier alpha value is -1.67. The van der Waals surface area contributed by atoms with Crippen LogP contribution in [0, 0.1) is 0 Å². The highest BCUT2D eigenvalue weighted by molar-refractivity contribution is 7.19. The predicted octanol–water partition coefficient (Wildman–Crippen LogP) is 4.17. The lowest BCUT2D eigenvalue weighted by atomic mass is 9.95. The number of rotatable bonds is 0. The van der Waals surface area contributed by atoms with Crippen molar-refractivity contribution < 1.29 is 0 Å². The summed E-state index contributed by atoms with van der Waals surface area (Å²) in [6.45, 7) is 4.19. The molecular weight excluding hydrogens is 240 g/mol. The molecule has 0 atom stereocenters. The summed E-state index contributed by atoms with van der Waals surface area (Å²) in [4.78, 5) is 13.6. The van der Waals surface area contributed by atoms with E-state index in [1.165, 1.54) is 11.1 Å². The molecule has 0 fully saturated rings. The molecule has 0 aliphatic heterocycles. The van der Waals surface area contributed by atoms with Crippen molar-refractivity contribution in [2.45, 2.75) is 20.3 Å². The fourth-order valence-corrected chi connectivity index (χ4v) is 3.35. The summed E-state index contributed by atoms with van der Waals surface area (Å²) in [7, 11) is 0. The second kappa shape index (κ2) is 4.21. The van der Waals surface area contributed by atoms with Crippen molar-refractivity contribution in [2.24, 2.45) is 0 Å². The van der Waals surface area contributed by atoms with Gasteiger partial charge < -0.3 is 0 Å². The zero-order valence-electron chi connectivity index (χ0n) is 10.5. The van der Waals surface area contributed by atoms with Gasteiger partial charge in [-0.3, -0.25) is 4.79 Å². The topological polar surface area (TPSA) is 17.1 Å². The van der Waals surface area contributed by atoms with Crippen LogP contribution in [0.5, 0.6) is 0 Å². The maximum atomic E-state index is 12.5. The molecule has 1 aromatic heterocycles. The molecule has 3 rings (SSSR count). The van der Waals surface area contributed by atoms with Crippen LogP contribution < -0.4 is 5.43 Å². The highest BCUT2D eigenvalue weighted by Gasteiger charge is 2.15. The van der Waals surface area contributed by atoms with E-state index in [1.54, 1.807) is 11.3 Å². The Morgan fingerprint density at radius 2 is 1.94 bits per heavy atom. The minimum atomic E-state index is 0.197. The first-order chi connectivity index (χ1) is 8.66. The molecule has 1 aromatic carbocycles. The van der Waals surface area contributed by atoms with Gasteiger partial charge in [-0.1, -0.05) is 23.8 Å². The summed E-state index contributed by atoms with van der Waals surface area (Å²) in [6.07, 6.45) is 5.00. The van der Waals surface area contributed by atoms with E-state index >= 15 is 0 Å². The smallest absolute Gasteiger partial charge is 0.192 e. The van der Waals surface area contributed by atoms with E-state index in [4.69, 9.17) is 0 Å². The third kappa shape index (κ3) is 1.73. The Kier molecular flexibility index (Phi) is 2.67. The molecular formula is C16H14OS. The van der Waals surface area contributed by atoms with Gasteiger partial charge in [-0.05, 0) is 37.6 Å². The van der Waals surface area contributed by atoms with Gasteiger partial charge in [0.05, 0.1) is 0 Å². The molecule has 2 heteroatoms. The van der Waals surface area contributed by atoms with Crippen molar-refractivity contribution >= 4 is 27.5 Å². The highest BCUT2D eigenvalue weighted by Crippen LogP contribution is 2.29. The molecule has 90 valence electrons. The van der Waals surface area contributed by atoms with E-state index in [0.29, 0.717) is 0 Å². The van der Waals surface area contributed by atoms with Gasteiger partial charge in [0.15, 0.2) is 5.43 Å². The summed E-state index contributed by atoms with van der Waals surface area (Å²) < 4.78 is 1.08. The lowest BCUT2D eigenvalue weighted by Gasteiger charge is -2.14. The average Bonchev–Trinajstić information content (AvgIpc) is 2.38. The van der Waals surface area contributed by atoms with Gasteiger partial charge >= 0.3 is 0 Å². The van der Waals surface area contributed by atoms with Crippen LogP contribution in [0.2, 0.25) is 0 Å². The molecule has 0 saturated heterocycles. The van der Waals surface area contributed by atoms with Gasteiger partial charge in [-0.25, -0.2) is 0 Å². The highest BCUT2D eigenvalue weighted by atomic mass is 32.1. The van der Waals surface area contributed by atoms with E-state index in [0.717, 1.165) is 26.9 Å². The van der Waals surface area contributed by atoms with Gasteiger partial charge in [0, 0.05) is 26.9 Å². The predicted molar refractivity (Wildman–Crippen MR) is 79.2 cm³/mol. The molecule has 1 aliphatic rings. The van der Waals surface area contributed by atoms with Gasteiger partial charge in [0.2, 0.25) is 0 Å². The van der Waals surface area contributed by atoms with Crippen molar-refractivity contribution in [2.75, 3.05) is 0 Å². The minimum Gasteiger partial charge on any atom is -0.289 e. The van der Waals surface area contributed by atoms with E-state index in [2.05, 4.69) is 26.0 Å². The molecule has 0 N–H and O–H groups in total. The van der Waals surface area contributed by atoms with Crippen LogP contribution in [0.15, 0.2) is 46.3 Å². The fourth-order valence-electron chi connectivity index (χ4n) is 2.27. The molecule has 18 heavy (non-hydrogen) atoms. The maximum absolute atomic E-state index is 12.5. The minimum absolute atomic E-state index is 0.197. The van der Waals surface area contributed by atoms with Crippen LogP contribution in [0.3, 0.4) is 0 Å². The average molecular weight is 254 g/mol. The second-order valence-corrected chi connectivity index (χ2v) is 5.89. The summed E-state index contributed by atoms with van der Waals surface area (Å²) >= 11 is 1.71. The number of hydrogen-bond donors (Lipinski definition) is 0. The third-order valence-corrected chi connectivity index (χ3v) is 4.55. The molecule has 1 nitrogen and oxygen atoms in total. The van der Waals surface area contributed by atoms with Crippen molar-refractivity contribution in [3.05, 3.63) is 62.2 Å². The van der Waals surface area contributed by atoms with Gasteiger partial charge in [0.1, 0.15) is 0 Å².